The molecule has 0 saturated carbocycles. The number of carboxylic acid groups (broad SMARTS) is 2. The monoisotopic (exact) mass is 1080 g/mol. The summed E-state index contributed by atoms with van der Waals surface area (Å²) in [7, 11) is -4.67. The standard InChI is InChI=1S/C18H32O6.C17H31NO5.C12H24O.5Na.H2O4S.5H/c1-4-5-6-7-8-9-10-11-12-13-16(19)23-15(3)18(22)24-14(2)17(20)21;1-2-3-4-5-6-7-8-9-10-11-15(19)23-16(20)13-12-14(18)17(21)22;1-2-3-4-5-6-7-8-9-10-11-12-13;;;;;;1-5(2,3)4;;;;;/h14-15H,4-13H2,1-3H3,(H,20,21);14H,2-13,18H2,1H3,(H,21,22);12H,2-11H2,1H3;;;;;;(H2,1,2,3,4);;;;;/q;;;5*+1;;5*-1/t;14-;;;;;;;;;;;;/m.0............/s1. The normalized spacial score (nSPS) is 11.1. The first kappa shape index (κ1) is 91.0. The van der Waals surface area contributed by atoms with Gasteiger partial charge in [0, 0.05) is 25.7 Å². The minimum absolute atomic E-state index is 0. The summed E-state index contributed by atoms with van der Waals surface area (Å²) in [5.41, 5.74) is 5.27. The van der Waals surface area contributed by atoms with Gasteiger partial charge >= 0.3 is 194 Å². The van der Waals surface area contributed by atoms with Crippen LogP contribution in [0.2, 0.25) is 0 Å². The summed E-state index contributed by atoms with van der Waals surface area (Å²) in [6.45, 7) is 9.28. The van der Waals surface area contributed by atoms with Gasteiger partial charge in [0.15, 0.2) is 12.2 Å². The number of carbonyl (C=O) groups is 7. The molecule has 0 aliphatic heterocycles. The van der Waals surface area contributed by atoms with Crippen LogP contribution < -0.4 is 154 Å². The second kappa shape index (κ2) is 68.5. The molecule has 0 aromatic heterocycles. The molecule has 0 spiro atoms. The van der Waals surface area contributed by atoms with Crippen LogP contribution in [0.1, 0.15) is 247 Å². The van der Waals surface area contributed by atoms with Gasteiger partial charge < -0.3 is 42.1 Å². The molecule has 394 valence electrons. The molecule has 23 heteroatoms. The maximum absolute atomic E-state index is 11.6. The number of hydrogen-bond donors (Lipinski definition) is 5. The minimum atomic E-state index is -4.67. The van der Waals surface area contributed by atoms with Gasteiger partial charge in [0.25, 0.3) is 0 Å². The molecule has 0 aliphatic rings. The molecule has 70 heavy (non-hydrogen) atoms. The van der Waals surface area contributed by atoms with E-state index in [2.05, 4.69) is 30.2 Å². The first-order chi connectivity index (χ1) is 30.8. The second-order valence-corrected chi connectivity index (χ2v) is 17.2. The van der Waals surface area contributed by atoms with E-state index in [-0.39, 0.29) is 181 Å². The van der Waals surface area contributed by atoms with E-state index in [1.807, 2.05) is 0 Å². The number of unbranched alkanes of at least 4 members (excludes halogenated alkanes) is 25. The van der Waals surface area contributed by atoms with Crippen LogP contribution >= 0.6 is 0 Å². The van der Waals surface area contributed by atoms with Gasteiger partial charge in [0.2, 0.25) is 0 Å². The molecule has 0 saturated heterocycles. The maximum atomic E-state index is 11.6. The Labute approximate surface area is 540 Å². The summed E-state index contributed by atoms with van der Waals surface area (Å²) >= 11 is 0. The Morgan fingerprint density at radius 2 is 0.786 bits per heavy atom. The van der Waals surface area contributed by atoms with Crippen molar-refractivity contribution < 1.29 is 230 Å². The van der Waals surface area contributed by atoms with Crippen molar-refractivity contribution in [1.29, 1.82) is 0 Å². The van der Waals surface area contributed by atoms with Gasteiger partial charge in [-0.3, -0.25) is 28.3 Å². The van der Waals surface area contributed by atoms with Gasteiger partial charge in [0.1, 0.15) is 12.3 Å². The third-order valence-corrected chi connectivity index (χ3v) is 9.88. The number of aliphatic carboxylic acids is 2. The van der Waals surface area contributed by atoms with Crippen LogP contribution in [0.25, 0.3) is 0 Å². The number of carboxylic acids is 2. The van der Waals surface area contributed by atoms with Crippen molar-refractivity contribution in [2.75, 3.05) is 0 Å². The summed E-state index contributed by atoms with van der Waals surface area (Å²) in [5.74, 6) is -4.95. The average molecular weight is 1080 g/mol. The van der Waals surface area contributed by atoms with E-state index in [4.69, 9.17) is 38.2 Å². The van der Waals surface area contributed by atoms with Crippen LogP contribution in [0.15, 0.2) is 0 Å². The van der Waals surface area contributed by atoms with Crippen molar-refractivity contribution in [1.82, 2.24) is 0 Å². The smallest absolute Gasteiger partial charge is 1.00 e. The van der Waals surface area contributed by atoms with Gasteiger partial charge in [-0.2, -0.15) is 8.42 Å². The molecule has 17 nitrogen and oxygen atoms in total. The molecule has 0 amide bonds. The van der Waals surface area contributed by atoms with Crippen LogP contribution in [-0.2, 0) is 58.2 Å². The van der Waals surface area contributed by atoms with Crippen molar-refractivity contribution in [2.45, 2.75) is 258 Å². The third-order valence-electron chi connectivity index (χ3n) is 9.88. The van der Waals surface area contributed by atoms with Gasteiger partial charge in [-0.15, -0.1) is 0 Å². The Morgan fingerprint density at radius 1 is 0.486 bits per heavy atom. The van der Waals surface area contributed by atoms with Crippen molar-refractivity contribution in [3.8, 4) is 0 Å². The van der Waals surface area contributed by atoms with Gasteiger partial charge in [-0.05, 0) is 39.5 Å². The van der Waals surface area contributed by atoms with Gasteiger partial charge in [0.05, 0.1) is 0 Å². The minimum Gasteiger partial charge on any atom is -1.00 e. The van der Waals surface area contributed by atoms with E-state index in [1.54, 1.807) is 0 Å². The number of carbonyl (C=O) groups excluding carboxylic acids is 5. The van der Waals surface area contributed by atoms with Crippen LogP contribution in [-0.4, -0.2) is 88.1 Å². The molecule has 6 N–H and O–H groups in total. The number of ether oxygens (including phenoxy) is 3. The number of nitrogens with two attached hydrogens (primary N) is 1. The number of rotatable bonds is 38. The Kier molecular flexibility index (Phi) is 89.1. The largest absolute Gasteiger partial charge is 1.00 e. The third kappa shape index (κ3) is 83.5. The fourth-order valence-electron chi connectivity index (χ4n) is 5.95. The fraction of sp³-hybridized carbons (Fsp3) is 0.851. The summed E-state index contributed by atoms with van der Waals surface area (Å²) < 4.78 is 45.8. The topological polar surface area (TPSA) is 288 Å². The van der Waals surface area contributed by atoms with E-state index in [1.165, 1.54) is 142 Å². The van der Waals surface area contributed by atoms with Crippen LogP contribution in [0.4, 0.5) is 0 Å². The molecular formula is C47H94NNa5O16S. The predicted octanol–water partition coefficient (Wildman–Crippen LogP) is -3.94. The Morgan fingerprint density at radius 3 is 1.10 bits per heavy atom. The summed E-state index contributed by atoms with van der Waals surface area (Å²) in [6.07, 6.45) is 32.4. The van der Waals surface area contributed by atoms with Crippen LogP contribution in [0, 0.1) is 0 Å². The molecule has 0 aromatic carbocycles. The number of esters is 4. The molecule has 0 aromatic rings. The zero-order valence-corrected chi connectivity index (χ0v) is 56.4. The molecule has 3 atom stereocenters. The summed E-state index contributed by atoms with van der Waals surface area (Å²) in [6, 6.07) is -1.10. The molecule has 0 radical (unpaired) electrons. The quantitative estimate of drug-likeness (QED) is 0.00751. The van der Waals surface area contributed by atoms with E-state index in [0.717, 1.165) is 57.7 Å². The molecule has 0 rings (SSSR count). The van der Waals surface area contributed by atoms with Crippen molar-refractivity contribution in [2.24, 2.45) is 5.73 Å². The van der Waals surface area contributed by atoms with Crippen molar-refractivity contribution in [3.05, 3.63) is 0 Å². The molecule has 0 aliphatic carbocycles. The maximum Gasteiger partial charge on any atom is 1.00 e. The fourth-order valence-corrected chi connectivity index (χ4v) is 5.95. The molecule has 0 bridgehead atoms. The number of aldehydes is 1. The Balaban J connectivity index is -0.0000000572. The Hall–Kier alpha value is 1.52. The van der Waals surface area contributed by atoms with Crippen molar-refractivity contribution in [3.63, 3.8) is 0 Å². The van der Waals surface area contributed by atoms with Crippen LogP contribution in [0.5, 0.6) is 0 Å². The number of hydrogen-bond acceptors (Lipinski definition) is 13. The first-order valence-electron chi connectivity index (χ1n) is 24.2. The predicted molar refractivity (Wildman–Crippen MR) is 256 cm³/mol. The van der Waals surface area contributed by atoms with Crippen molar-refractivity contribution >= 4 is 52.5 Å². The summed E-state index contributed by atoms with van der Waals surface area (Å²) in [4.78, 5) is 77.1. The Bertz CT molecular complexity index is 1360. The van der Waals surface area contributed by atoms with E-state index < -0.39 is 64.5 Å². The molecule has 0 heterocycles. The van der Waals surface area contributed by atoms with E-state index >= 15 is 0 Å². The first-order valence-corrected chi connectivity index (χ1v) is 25.6. The van der Waals surface area contributed by atoms with Gasteiger partial charge in [-0.25, -0.2) is 9.59 Å². The van der Waals surface area contributed by atoms with Crippen LogP contribution in [0.3, 0.4) is 0 Å². The zero-order chi connectivity index (χ0) is 50.2. The van der Waals surface area contributed by atoms with E-state index in [9.17, 15) is 33.6 Å². The molecule has 0 fully saturated rings. The summed E-state index contributed by atoms with van der Waals surface area (Å²) in [5, 5.41) is 17.2. The second-order valence-electron chi connectivity index (χ2n) is 16.3. The zero-order valence-electron chi connectivity index (χ0n) is 50.6. The molecule has 2 unspecified atom stereocenters. The SMILES string of the molecule is CCCCCCCCCCCC(=O)OC(=O)CC[C@H](N)C(=O)O.CCCCCCCCCCCC(=O)OC(C)C(=O)OC(C)C(=O)O.CCCCCCCCCCCC=O.O=S(=O)(O)O.[H-].[H-].[H-].[H-].[H-].[Na+].[Na+].[Na+].[Na+].[Na+]. The van der Waals surface area contributed by atoms with E-state index in [0.29, 0.717) is 0 Å². The van der Waals surface area contributed by atoms with Gasteiger partial charge in [-0.1, -0.05) is 175 Å². The average Bonchev–Trinajstić information content (AvgIpc) is 3.23. The molecular weight excluding hydrogens is 982 g/mol.